The van der Waals surface area contributed by atoms with E-state index in [1.807, 2.05) is 85.9 Å². The Hall–Kier alpha value is -4.93. The molecule has 0 saturated carbocycles. The van der Waals surface area contributed by atoms with E-state index < -0.39 is 117 Å². The maximum absolute atomic E-state index is 13.2. The summed E-state index contributed by atoms with van der Waals surface area (Å²) in [6, 6.07) is 21.6. The first kappa shape index (κ1) is 92.7. The molecule has 1 N–H and O–H groups in total. The van der Waals surface area contributed by atoms with E-state index in [2.05, 4.69) is 56.1 Å². The third-order valence-corrected chi connectivity index (χ3v) is 24.7. The summed E-state index contributed by atoms with van der Waals surface area (Å²) >= 11 is 8.59. The number of halogens is 2. The molecule has 6 aliphatic rings. The van der Waals surface area contributed by atoms with Gasteiger partial charge in [-0.05, 0) is 262 Å². The van der Waals surface area contributed by atoms with Crippen LogP contribution in [0.3, 0.4) is 0 Å². The number of aliphatic hydroxyl groups is 1. The highest BCUT2D eigenvalue weighted by molar-refractivity contribution is 9.10. The van der Waals surface area contributed by atoms with Gasteiger partial charge in [-0.25, -0.2) is 40.8 Å². The standard InChI is InChI=1S/C22H34BNO6S.C16H22BrNO4S.C16H22BrNO2S.C11H21NO5S.C10H19NO3/c1-20(2,3)28-19(25)24-14-8-9-18(15-24)31(26,27)17-12-10-16(11-13-17)23-29-21(4,5)22(6,7)30-23;1-16(2,3)22-15(19)18-10-4-5-14(11-18)23(20,21)13-8-6-12(17)7-9-13;1-16(2,3)20-15(19)18-10-4-5-14(11-18)21-13-8-6-12(17)7-9-13;1-11(2,3)16-10(13)12-7-5-6-9(8-12)17-18(4,14)15;1-10(2,3)14-9(13)11-6-4-5-8(12)7-11/h10-13,18H,8-9,14-15H2,1-7H3;6-9,14H,4-5,10-11H2,1-3H3;6-9,14H,4-5,10-11H2,1-3H3;9H,5-8H2,1-4H3;8,12H,4-7H2,1-3H3. The Bertz CT molecular complexity index is 3750. The van der Waals surface area contributed by atoms with Gasteiger partial charge in [0, 0.05) is 78.0 Å². The SMILES string of the molecule is CC(C)(C)OC(=O)N1CCCC(O)C1.CC(C)(C)OC(=O)N1CCCC(OS(C)(=O)=O)C1.CC(C)(C)OC(=O)N1CCCC(S(=O)(=O)c2ccc(B3OC(C)(C)C(C)(C)O3)cc2)C1.CC(C)(C)OC(=O)N1CCCC(S(=O)(=O)c2ccc(Br)cc2)C1.CC(C)(C)OC(=O)N1CCCC(Sc2ccc(Br)cc2)C1. The first-order valence-corrected chi connectivity index (χ1v) is 43.9. The van der Waals surface area contributed by atoms with Crippen LogP contribution < -0.4 is 5.46 Å². The first-order chi connectivity index (χ1) is 49.0. The van der Waals surface area contributed by atoms with Crippen molar-refractivity contribution < 1.29 is 91.5 Å². The molecule has 9 rings (SSSR count). The van der Waals surface area contributed by atoms with Crippen molar-refractivity contribution in [1.29, 1.82) is 0 Å². The predicted octanol–water partition coefficient (Wildman–Crippen LogP) is 14.5. The number of thioether (sulfide) groups is 1. The van der Waals surface area contributed by atoms with Gasteiger partial charge in [-0.2, -0.15) is 8.42 Å². The molecule has 107 heavy (non-hydrogen) atoms. The lowest BCUT2D eigenvalue weighted by molar-refractivity contribution is 0.00379. The van der Waals surface area contributed by atoms with Crippen molar-refractivity contribution in [2.45, 2.75) is 278 Å². The van der Waals surface area contributed by atoms with Crippen molar-refractivity contribution in [3.05, 3.63) is 81.7 Å². The van der Waals surface area contributed by atoms with Crippen LogP contribution in [0.5, 0.6) is 0 Å². The summed E-state index contributed by atoms with van der Waals surface area (Å²) in [6.07, 6.45) is 5.77. The molecule has 3 aromatic carbocycles. The predicted molar refractivity (Wildman–Crippen MR) is 423 cm³/mol. The van der Waals surface area contributed by atoms with Gasteiger partial charge >= 0.3 is 37.6 Å². The van der Waals surface area contributed by atoms with Crippen LogP contribution in [0.2, 0.25) is 0 Å². The minimum absolute atomic E-state index is 0.135. The molecule has 0 bridgehead atoms. The van der Waals surface area contributed by atoms with Gasteiger partial charge in [-0.1, -0.05) is 44.0 Å². The highest BCUT2D eigenvalue weighted by atomic mass is 79.9. The number of amides is 5. The quantitative estimate of drug-likeness (QED) is 0.118. The maximum atomic E-state index is 13.2. The number of carbonyl (C=O) groups is 5. The summed E-state index contributed by atoms with van der Waals surface area (Å²) < 4.78 is 120. The maximum Gasteiger partial charge on any atom is 0.494 e. The second kappa shape index (κ2) is 38.5. The first-order valence-electron chi connectivity index (χ1n) is 36.6. The van der Waals surface area contributed by atoms with Gasteiger partial charge in [0.1, 0.15) is 28.0 Å². The highest BCUT2D eigenvalue weighted by Crippen LogP contribution is 2.37. The van der Waals surface area contributed by atoms with Gasteiger partial charge in [0.2, 0.25) is 0 Å². The Morgan fingerprint density at radius 3 is 1.11 bits per heavy atom. The number of likely N-dealkylation sites (tertiary alicyclic amines) is 5. The lowest BCUT2D eigenvalue weighted by Crippen LogP contribution is -2.47. The van der Waals surface area contributed by atoms with Gasteiger partial charge in [-0.3, -0.25) is 4.18 Å². The number of carbonyl (C=O) groups excluding carboxylic acids is 5. The summed E-state index contributed by atoms with van der Waals surface area (Å²) in [7, 11) is -11.1. The third kappa shape index (κ3) is 32.0. The lowest BCUT2D eigenvalue weighted by atomic mass is 9.79. The highest BCUT2D eigenvalue weighted by Gasteiger charge is 2.52. The summed E-state index contributed by atoms with van der Waals surface area (Å²) in [5.41, 5.74) is -2.80. The Kier molecular flexibility index (Phi) is 33.4. The normalized spacial score (nSPS) is 21.6. The molecule has 5 unspecified atom stereocenters. The van der Waals surface area contributed by atoms with Gasteiger partial charge < -0.3 is 62.6 Å². The van der Waals surface area contributed by atoms with Crippen LogP contribution in [0.25, 0.3) is 0 Å². The van der Waals surface area contributed by atoms with Crippen LogP contribution in [0.1, 0.15) is 196 Å². The van der Waals surface area contributed by atoms with E-state index in [0.717, 1.165) is 59.4 Å². The fourth-order valence-corrected chi connectivity index (χ4v) is 17.5. The molecule has 6 heterocycles. The number of nitrogens with zero attached hydrogens (tertiary/aromatic N) is 5. The number of rotatable bonds is 9. The molecule has 6 fully saturated rings. The summed E-state index contributed by atoms with van der Waals surface area (Å²) in [5.74, 6) is 0. The van der Waals surface area contributed by atoms with Crippen molar-refractivity contribution in [1.82, 2.24) is 24.5 Å². The lowest BCUT2D eigenvalue weighted by Gasteiger charge is -2.33. The monoisotopic (exact) mass is 1710 g/mol. The molecule has 0 aromatic heterocycles. The van der Waals surface area contributed by atoms with E-state index in [9.17, 15) is 54.3 Å². The Morgan fingerprint density at radius 2 is 0.757 bits per heavy atom. The Morgan fingerprint density at radius 1 is 0.449 bits per heavy atom. The number of ether oxygens (including phenoxy) is 5. The minimum Gasteiger partial charge on any atom is -0.444 e. The zero-order chi connectivity index (χ0) is 80.7. The molecule has 32 heteroatoms. The molecule has 6 saturated heterocycles. The molecular weight excluding hydrogens is 1590 g/mol. The van der Waals surface area contributed by atoms with Crippen molar-refractivity contribution >= 4 is 116 Å². The molecule has 0 aliphatic carbocycles. The van der Waals surface area contributed by atoms with Gasteiger partial charge in [0.05, 0.1) is 56.5 Å². The smallest absolute Gasteiger partial charge is 0.444 e. The molecule has 5 atom stereocenters. The van der Waals surface area contributed by atoms with Crippen LogP contribution in [-0.4, -0.2) is 231 Å². The zero-order valence-electron chi connectivity index (χ0n) is 66.4. The Balaban J connectivity index is 0.000000246. The second-order valence-corrected chi connectivity index (χ2v) is 42.8. The van der Waals surface area contributed by atoms with Crippen molar-refractivity contribution in [3.63, 3.8) is 0 Å². The molecular formula is C75H118BBr2N5O20S4. The largest absolute Gasteiger partial charge is 0.494 e. The van der Waals surface area contributed by atoms with Crippen molar-refractivity contribution in [2.24, 2.45) is 0 Å². The molecule has 0 radical (unpaired) electrons. The van der Waals surface area contributed by atoms with E-state index in [1.165, 1.54) is 19.6 Å². The number of sulfone groups is 2. The molecule has 0 spiro atoms. The number of hydrogen-bond acceptors (Lipinski definition) is 21. The topological polar surface area (TPSA) is 298 Å². The molecule has 25 nitrogen and oxygen atoms in total. The van der Waals surface area contributed by atoms with E-state index in [1.54, 1.807) is 116 Å². The van der Waals surface area contributed by atoms with Crippen LogP contribution >= 0.6 is 43.6 Å². The number of β-amino-alcohol motifs (C(OH)–C–C–N with tert-alkyl or cyclic N) is 1. The fraction of sp³-hybridized carbons (Fsp3) is 0.693. The second-order valence-electron chi connectivity index (χ2n) is 33.6. The van der Waals surface area contributed by atoms with Gasteiger partial charge in [0.25, 0.3) is 10.1 Å². The van der Waals surface area contributed by atoms with Crippen molar-refractivity contribution in [2.75, 3.05) is 71.7 Å². The third-order valence-electron chi connectivity index (χ3n) is 17.3. The summed E-state index contributed by atoms with van der Waals surface area (Å²) in [5, 5.41) is 8.57. The number of hydrogen-bond donors (Lipinski definition) is 1. The average Bonchev–Trinajstić information content (AvgIpc) is 1.72. The number of piperidine rings is 5. The molecule has 6 aliphatic heterocycles. The number of benzene rings is 3. The molecule has 3 aromatic rings. The summed E-state index contributed by atoms with van der Waals surface area (Å²) in [4.78, 5) is 69.8. The summed E-state index contributed by atoms with van der Waals surface area (Å²) in [6.45, 7) is 40.1. The van der Waals surface area contributed by atoms with Crippen LogP contribution in [-0.2, 0) is 67.0 Å². The fourth-order valence-electron chi connectivity index (χ4n) is 11.6. The zero-order valence-corrected chi connectivity index (χ0v) is 72.8. The van der Waals surface area contributed by atoms with E-state index in [0.29, 0.717) is 76.5 Å². The van der Waals surface area contributed by atoms with E-state index in [4.69, 9.17) is 37.2 Å². The van der Waals surface area contributed by atoms with E-state index >= 15 is 0 Å². The van der Waals surface area contributed by atoms with E-state index in [-0.39, 0.29) is 41.6 Å². The minimum atomic E-state index is -3.59. The van der Waals surface area contributed by atoms with Crippen LogP contribution in [0.4, 0.5) is 24.0 Å². The Labute approximate surface area is 658 Å². The number of aliphatic hydroxyl groups excluding tert-OH is 1. The van der Waals surface area contributed by atoms with Crippen molar-refractivity contribution in [3.8, 4) is 0 Å². The molecule has 604 valence electrons. The van der Waals surface area contributed by atoms with Crippen LogP contribution in [0.15, 0.2) is 96.4 Å². The van der Waals surface area contributed by atoms with Gasteiger partial charge in [0.15, 0.2) is 19.7 Å². The van der Waals surface area contributed by atoms with Gasteiger partial charge in [-0.15, -0.1) is 11.8 Å². The average molecular weight is 1710 g/mol. The molecule has 5 amide bonds. The van der Waals surface area contributed by atoms with Crippen LogP contribution in [0, 0.1) is 0 Å².